The number of rotatable bonds is 3. The summed E-state index contributed by atoms with van der Waals surface area (Å²) in [7, 11) is 0. The lowest BCUT2D eigenvalue weighted by atomic mass is 9.75. The zero-order valence-electron chi connectivity index (χ0n) is 13.5. The highest BCUT2D eigenvalue weighted by molar-refractivity contribution is 5.65. The standard InChI is InChI=1S/C15H23N3O4/c1-8(2)17-15(5)9-6-10(16)11(18(20)21)7-12(9)22-14(3,4)13(15)19/h6-8,13,17,19H,16H2,1-5H3/t13-,15-/m0/s1. The number of nitrogen functional groups attached to an aromatic ring is 1. The SMILES string of the molecule is CC(C)N[C@@]1(C)c2cc(N)c([N+](=O)[O-])cc2OC(C)(C)[C@@H]1O. The summed E-state index contributed by atoms with van der Waals surface area (Å²) >= 11 is 0. The van der Waals surface area contributed by atoms with Crippen LogP contribution in [0.5, 0.6) is 5.75 Å². The molecule has 22 heavy (non-hydrogen) atoms. The smallest absolute Gasteiger partial charge is 0.295 e. The van der Waals surface area contributed by atoms with Crippen LogP contribution < -0.4 is 15.8 Å². The van der Waals surface area contributed by atoms with Crippen molar-refractivity contribution in [3.05, 3.63) is 27.8 Å². The molecule has 0 unspecified atom stereocenters. The van der Waals surface area contributed by atoms with Crippen LogP contribution in [0.1, 0.15) is 40.2 Å². The molecule has 7 nitrogen and oxygen atoms in total. The number of benzene rings is 1. The molecule has 0 bridgehead atoms. The van der Waals surface area contributed by atoms with Gasteiger partial charge >= 0.3 is 0 Å². The van der Waals surface area contributed by atoms with E-state index in [0.717, 1.165) is 0 Å². The molecule has 0 spiro atoms. The number of aliphatic hydroxyl groups is 1. The lowest BCUT2D eigenvalue weighted by molar-refractivity contribution is -0.384. The number of aliphatic hydroxyl groups excluding tert-OH is 1. The first-order valence-corrected chi connectivity index (χ1v) is 7.22. The van der Waals surface area contributed by atoms with Crippen LogP contribution in [0.25, 0.3) is 0 Å². The van der Waals surface area contributed by atoms with E-state index in [2.05, 4.69) is 5.32 Å². The van der Waals surface area contributed by atoms with Crippen molar-refractivity contribution >= 4 is 11.4 Å². The second-order valence-electron chi connectivity index (χ2n) is 6.77. The first-order valence-electron chi connectivity index (χ1n) is 7.22. The molecule has 122 valence electrons. The molecule has 0 aromatic heterocycles. The number of nitrogens with zero attached hydrogens (tertiary/aromatic N) is 1. The summed E-state index contributed by atoms with van der Waals surface area (Å²) in [6.07, 6.45) is -0.851. The van der Waals surface area contributed by atoms with E-state index in [1.807, 2.05) is 20.8 Å². The van der Waals surface area contributed by atoms with Crippen molar-refractivity contribution in [1.82, 2.24) is 5.32 Å². The fourth-order valence-corrected chi connectivity index (χ4v) is 3.17. The molecular formula is C15H23N3O4. The summed E-state index contributed by atoms with van der Waals surface area (Å²) in [5.74, 6) is 0.367. The minimum absolute atomic E-state index is 0.0519. The Labute approximate surface area is 129 Å². The van der Waals surface area contributed by atoms with Crippen LogP contribution >= 0.6 is 0 Å². The molecule has 7 heteroatoms. The van der Waals surface area contributed by atoms with Crippen LogP contribution in [0.2, 0.25) is 0 Å². The van der Waals surface area contributed by atoms with E-state index in [9.17, 15) is 15.2 Å². The van der Waals surface area contributed by atoms with Crippen molar-refractivity contribution < 1.29 is 14.8 Å². The number of hydrogen-bond acceptors (Lipinski definition) is 6. The van der Waals surface area contributed by atoms with Crippen LogP contribution in [0.3, 0.4) is 0 Å². The van der Waals surface area contributed by atoms with Gasteiger partial charge in [-0.15, -0.1) is 0 Å². The maximum absolute atomic E-state index is 11.1. The first kappa shape index (κ1) is 16.5. The van der Waals surface area contributed by atoms with Gasteiger partial charge in [0.25, 0.3) is 5.69 Å². The lowest BCUT2D eigenvalue weighted by Gasteiger charge is -2.49. The van der Waals surface area contributed by atoms with Crippen molar-refractivity contribution in [1.29, 1.82) is 0 Å². The molecule has 0 amide bonds. The Morgan fingerprint density at radius 3 is 2.50 bits per heavy atom. The van der Waals surface area contributed by atoms with Gasteiger partial charge in [-0.05, 0) is 40.7 Å². The van der Waals surface area contributed by atoms with Crippen LogP contribution in [-0.2, 0) is 5.54 Å². The van der Waals surface area contributed by atoms with E-state index in [1.54, 1.807) is 13.8 Å². The number of nitrogens with one attached hydrogen (secondary N) is 1. The van der Waals surface area contributed by atoms with E-state index < -0.39 is 22.2 Å². The van der Waals surface area contributed by atoms with Crippen molar-refractivity contribution in [3.8, 4) is 5.75 Å². The van der Waals surface area contributed by atoms with Crippen LogP contribution in [0.15, 0.2) is 12.1 Å². The predicted octanol–water partition coefficient (Wildman–Crippen LogP) is 1.92. The van der Waals surface area contributed by atoms with Gasteiger partial charge in [0.05, 0.1) is 16.5 Å². The van der Waals surface area contributed by atoms with Crippen LogP contribution in [0, 0.1) is 10.1 Å². The zero-order valence-corrected chi connectivity index (χ0v) is 13.5. The molecule has 0 radical (unpaired) electrons. The quantitative estimate of drug-likeness (QED) is 0.447. The Bertz CT molecular complexity index is 615. The summed E-state index contributed by atoms with van der Waals surface area (Å²) in [6.45, 7) is 9.29. The molecule has 2 atom stereocenters. The number of nitro benzene ring substituents is 1. The maximum atomic E-state index is 11.1. The molecule has 0 saturated carbocycles. The molecule has 1 aliphatic heterocycles. The highest BCUT2D eigenvalue weighted by atomic mass is 16.6. The number of fused-ring (bicyclic) bond motifs is 1. The fraction of sp³-hybridized carbons (Fsp3) is 0.600. The number of anilines is 1. The summed E-state index contributed by atoms with van der Waals surface area (Å²) in [5.41, 5.74) is 4.56. The number of hydrogen-bond donors (Lipinski definition) is 3. The molecule has 1 aromatic carbocycles. The Balaban J connectivity index is 2.68. The highest BCUT2D eigenvalue weighted by Crippen LogP contribution is 2.46. The van der Waals surface area contributed by atoms with Gasteiger partial charge in [0.1, 0.15) is 23.1 Å². The van der Waals surface area contributed by atoms with Crippen LogP contribution in [-0.4, -0.2) is 27.8 Å². The Morgan fingerprint density at radius 2 is 2.00 bits per heavy atom. The van der Waals surface area contributed by atoms with E-state index in [-0.39, 0.29) is 17.4 Å². The van der Waals surface area contributed by atoms with Gasteiger partial charge in [-0.2, -0.15) is 0 Å². The third kappa shape index (κ3) is 2.50. The second kappa shape index (κ2) is 5.10. The molecule has 1 heterocycles. The van der Waals surface area contributed by atoms with Gasteiger partial charge in [0.15, 0.2) is 0 Å². The van der Waals surface area contributed by atoms with Gasteiger partial charge in [-0.25, -0.2) is 0 Å². The molecule has 1 aliphatic rings. The van der Waals surface area contributed by atoms with Gasteiger partial charge < -0.3 is 20.9 Å². The molecule has 1 aromatic rings. The van der Waals surface area contributed by atoms with E-state index in [1.165, 1.54) is 12.1 Å². The van der Waals surface area contributed by atoms with Crippen molar-refractivity contribution in [3.63, 3.8) is 0 Å². The molecule has 2 rings (SSSR count). The van der Waals surface area contributed by atoms with Crippen molar-refractivity contribution in [2.45, 2.75) is 57.9 Å². The third-order valence-corrected chi connectivity index (χ3v) is 4.05. The van der Waals surface area contributed by atoms with E-state index >= 15 is 0 Å². The Morgan fingerprint density at radius 1 is 1.41 bits per heavy atom. The second-order valence-corrected chi connectivity index (χ2v) is 6.77. The Hall–Kier alpha value is -1.86. The Kier molecular flexibility index (Phi) is 3.83. The zero-order chi connectivity index (χ0) is 16.9. The lowest BCUT2D eigenvalue weighted by Crippen LogP contribution is -2.63. The average molecular weight is 309 g/mol. The van der Waals surface area contributed by atoms with Crippen molar-refractivity contribution in [2.75, 3.05) is 5.73 Å². The molecular weight excluding hydrogens is 286 g/mol. The highest BCUT2D eigenvalue weighted by Gasteiger charge is 2.51. The number of nitro groups is 1. The first-order chi connectivity index (χ1) is 9.99. The third-order valence-electron chi connectivity index (χ3n) is 4.05. The topological polar surface area (TPSA) is 111 Å². The molecule has 0 aliphatic carbocycles. The monoisotopic (exact) mass is 309 g/mol. The van der Waals surface area contributed by atoms with Gasteiger partial charge in [-0.3, -0.25) is 10.1 Å². The van der Waals surface area contributed by atoms with Gasteiger partial charge in [0, 0.05) is 11.6 Å². The largest absolute Gasteiger partial charge is 0.484 e. The fourth-order valence-electron chi connectivity index (χ4n) is 3.17. The summed E-state index contributed by atoms with van der Waals surface area (Å²) in [5, 5.41) is 25.2. The number of ether oxygens (including phenoxy) is 1. The molecule has 0 saturated heterocycles. The average Bonchev–Trinajstić information content (AvgIpc) is 2.36. The molecule has 0 fully saturated rings. The van der Waals surface area contributed by atoms with Crippen LogP contribution in [0.4, 0.5) is 11.4 Å². The summed E-state index contributed by atoms with van der Waals surface area (Å²) < 4.78 is 5.80. The summed E-state index contributed by atoms with van der Waals surface area (Å²) in [6, 6.07) is 2.94. The van der Waals surface area contributed by atoms with Crippen molar-refractivity contribution in [2.24, 2.45) is 0 Å². The number of nitrogens with two attached hydrogens (primary N) is 1. The van der Waals surface area contributed by atoms with Gasteiger partial charge in [0.2, 0.25) is 0 Å². The van der Waals surface area contributed by atoms with E-state index in [0.29, 0.717) is 11.3 Å². The maximum Gasteiger partial charge on any atom is 0.295 e. The molecule has 4 N–H and O–H groups in total. The normalized spacial score (nSPS) is 26.4. The van der Waals surface area contributed by atoms with Gasteiger partial charge in [-0.1, -0.05) is 0 Å². The minimum atomic E-state index is -0.895. The minimum Gasteiger partial charge on any atom is -0.484 e. The summed E-state index contributed by atoms with van der Waals surface area (Å²) in [4.78, 5) is 10.5. The predicted molar refractivity (Wildman–Crippen MR) is 83.8 cm³/mol. The van der Waals surface area contributed by atoms with E-state index in [4.69, 9.17) is 10.5 Å².